The van der Waals surface area contributed by atoms with Crippen LogP contribution in [0.4, 0.5) is 0 Å². The average molecular weight is 189 g/mol. The molecule has 0 saturated carbocycles. The van der Waals surface area contributed by atoms with Crippen LogP contribution in [0.1, 0.15) is 10.4 Å². The standard InChI is InChI=1S/C9H7N3O2/c10-12-11-6-7-14-9(13)8-4-2-1-3-5-8/h1-7H. The molecule has 0 aliphatic heterocycles. The van der Waals surface area contributed by atoms with Gasteiger partial charge in [0.1, 0.15) is 0 Å². The Hall–Kier alpha value is -2.26. The Balaban J connectivity index is 2.56. The Kier molecular flexibility index (Phi) is 3.79. The van der Waals surface area contributed by atoms with E-state index >= 15 is 0 Å². The summed E-state index contributed by atoms with van der Waals surface area (Å²) in [7, 11) is 0. The molecule has 70 valence electrons. The van der Waals surface area contributed by atoms with Gasteiger partial charge in [-0.05, 0) is 17.7 Å². The Bertz CT molecular complexity index is 380. The van der Waals surface area contributed by atoms with Crippen LogP contribution in [0.25, 0.3) is 10.4 Å². The second-order valence-electron chi connectivity index (χ2n) is 2.26. The second-order valence-corrected chi connectivity index (χ2v) is 2.26. The van der Waals surface area contributed by atoms with Gasteiger partial charge in [-0.15, -0.1) is 0 Å². The molecule has 1 aromatic carbocycles. The average Bonchev–Trinajstić information content (AvgIpc) is 2.25. The lowest BCUT2D eigenvalue weighted by atomic mass is 10.2. The molecular formula is C9H7N3O2. The van der Waals surface area contributed by atoms with E-state index in [1.807, 2.05) is 0 Å². The van der Waals surface area contributed by atoms with E-state index in [1.165, 1.54) is 0 Å². The smallest absolute Gasteiger partial charge is 0.342 e. The molecule has 0 aliphatic carbocycles. The van der Waals surface area contributed by atoms with Crippen molar-refractivity contribution in [3.8, 4) is 0 Å². The Labute approximate surface area is 80.2 Å². The van der Waals surface area contributed by atoms with Gasteiger partial charge in [0.05, 0.1) is 11.8 Å². The molecule has 0 aromatic heterocycles. The highest BCUT2D eigenvalue weighted by molar-refractivity contribution is 5.89. The van der Waals surface area contributed by atoms with Crippen molar-refractivity contribution in [1.29, 1.82) is 0 Å². The van der Waals surface area contributed by atoms with Crippen molar-refractivity contribution in [2.24, 2.45) is 5.11 Å². The summed E-state index contributed by atoms with van der Waals surface area (Å²) in [6, 6.07) is 8.52. The quantitative estimate of drug-likeness (QED) is 0.241. The second kappa shape index (κ2) is 5.40. The normalized spacial score (nSPS) is 9.43. The number of hydrogen-bond acceptors (Lipinski definition) is 3. The lowest BCUT2D eigenvalue weighted by Crippen LogP contribution is -1.99. The maximum Gasteiger partial charge on any atom is 0.342 e. The zero-order valence-corrected chi connectivity index (χ0v) is 7.20. The summed E-state index contributed by atoms with van der Waals surface area (Å²) in [6.07, 6.45) is 2.09. The van der Waals surface area contributed by atoms with Crippen LogP contribution in [-0.2, 0) is 4.74 Å². The van der Waals surface area contributed by atoms with Gasteiger partial charge >= 0.3 is 5.97 Å². The number of carbonyl (C=O) groups is 1. The van der Waals surface area contributed by atoms with E-state index in [9.17, 15) is 4.79 Å². The van der Waals surface area contributed by atoms with Crippen LogP contribution >= 0.6 is 0 Å². The van der Waals surface area contributed by atoms with Gasteiger partial charge in [0.2, 0.25) is 0 Å². The summed E-state index contributed by atoms with van der Waals surface area (Å²) in [5.74, 6) is -0.491. The van der Waals surface area contributed by atoms with Crippen LogP contribution in [0.2, 0.25) is 0 Å². The van der Waals surface area contributed by atoms with Crippen molar-refractivity contribution in [1.82, 2.24) is 0 Å². The van der Waals surface area contributed by atoms with E-state index in [4.69, 9.17) is 5.53 Å². The Morgan fingerprint density at radius 2 is 2.14 bits per heavy atom. The van der Waals surface area contributed by atoms with Crippen LogP contribution in [0, 0.1) is 0 Å². The minimum absolute atomic E-state index is 0.443. The fourth-order valence-corrected chi connectivity index (χ4v) is 0.792. The molecule has 5 heteroatoms. The molecular weight excluding hydrogens is 182 g/mol. The molecule has 1 aromatic rings. The lowest BCUT2D eigenvalue weighted by molar-refractivity contribution is 0.0662. The van der Waals surface area contributed by atoms with Gasteiger partial charge in [0.15, 0.2) is 0 Å². The van der Waals surface area contributed by atoms with Crippen molar-refractivity contribution >= 4 is 5.97 Å². The van der Waals surface area contributed by atoms with Crippen molar-refractivity contribution in [2.45, 2.75) is 0 Å². The number of benzene rings is 1. The lowest BCUT2D eigenvalue weighted by Gasteiger charge is -1.96. The molecule has 1 rings (SSSR count). The number of ether oxygens (including phenoxy) is 1. The van der Waals surface area contributed by atoms with Crippen molar-refractivity contribution in [3.63, 3.8) is 0 Å². The molecule has 0 saturated heterocycles. The molecule has 0 spiro atoms. The van der Waals surface area contributed by atoms with Gasteiger partial charge in [-0.25, -0.2) is 4.79 Å². The first-order valence-electron chi connectivity index (χ1n) is 3.80. The molecule has 0 bridgehead atoms. The van der Waals surface area contributed by atoms with Gasteiger partial charge in [-0.1, -0.05) is 23.3 Å². The Morgan fingerprint density at radius 3 is 2.79 bits per heavy atom. The molecule has 0 atom stereocenters. The predicted molar refractivity (Wildman–Crippen MR) is 50.1 cm³/mol. The Morgan fingerprint density at radius 1 is 1.43 bits per heavy atom. The number of hydrogen-bond donors (Lipinski definition) is 0. The van der Waals surface area contributed by atoms with E-state index in [0.29, 0.717) is 5.56 Å². The van der Waals surface area contributed by atoms with Crippen molar-refractivity contribution in [2.75, 3.05) is 0 Å². The highest BCUT2D eigenvalue weighted by Gasteiger charge is 2.02. The zero-order chi connectivity index (χ0) is 10.2. The molecule has 0 radical (unpaired) electrons. The molecule has 0 amide bonds. The van der Waals surface area contributed by atoms with Crippen LogP contribution < -0.4 is 0 Å². The van der Waals surface area contributed by atoms with Crippen LogP contribution in [-0.4, -0.2) is 5.97 Å². The number of nitrogens with zero attached hydrogens (tertiary/aromatic N) is 3. The van der Waals surface area contributed by atoms with E-state index in [2.05, 4.69) is 14.8 Å². The van der Waals surface area contributed by atoms with Crippen molar-refractivity contribution < 1.29 is 9.53 Å². The molecule has 5 nitrogen and oxygen atoms in total. The summed E-state index contributed by atoms with van der Waals surface area (Å²) in [5.41, 5.74) is 8.36. The summed E-state index contributed by atoms with van der Waals surface area (Å²) in [6.45, 7) is 0. The van der Waals surface area contributed by atoms with E-state index < -0.39 is 5.97 Å². The van der Waals surface area contributed by atoms with Crippen LogP contribution in [0.15, 0.2) is 47.9 Å². The van der Waals surface area contributed by atoms with Gasteiger partial charge in [0.25, 0.3) is 0 Å². The van der Waals surface area contributed by atoms with Gasteiger partial charge in [0, 0.05) is 11.1 Å². The minimum atomic E-state index is -0.491. The summed E-state index contributed by atoms with van der Waals surface area (Å²) in [4.78, 5) is 13.7. The SMILES string of the molecule is [N-]=[N+]=NC=COC(=O)c1ccccc1. The number of azide groups is 1. The summed E-state index contributed by atoms with van der Waals surface area (Å²) in [5, 5.41) is 3.06. The minimum Gasteiger partial charge on any atom is -0.431 e. The predicted octanol–water partition coefficient (Wildman–Crippen LogP) is 2.62. The van der Waals surface area contributed by atoms with E-state index in [1.54, 1.807) is 30.3 Å². The van der Waals surface area contributed by atoms with Crippen molar-refractivity contribution in [3.05, 3.63) is 58.8 Å². The highest BCUT2D eigenvalue weighted by Crippen LogP contribution is 2.00. The third kappa shape index (κ3) is 3.00. The third-order valence-electron chi connectivity index (χ3n) is 1.36. The topological polar surface area (TPSA) is 75.1 Å². The molecule has 0 fully saturated rings. The molecule has 0 heterocycles. The fraction of sp³-hybridized carbons (Fsp3) is 0. The first-order chi connectivity index (χ1) is 6.84. The first kappa shape index (κ1) is 9.83. The highest BCUT2D eigenvalue weighted by atomic mass is 16.5. The maximum absolute atomic E-state index is 11.2. The third-order valence-corrected chi connectivity index (χ3v) is 1.36. The molecule has 0 N–H and O–H groups in total. The molecule has 0 unspecified atom stereocenters. The zero-order valence-electron chi connectivity index (χ0n) is 7.20. The monoisotopic (exact) mass is 189 g/mol. The molecule has 14 heavy (non-hydrogen) atoms. The summed E-state index contributed by atoms with van der Waals surface area (Å²) >= 11 is 0. The largest absolute Gasteiger partial charge is 0.431 e. The number of esters is 1. The first-order valence-corrected chi connectivity index (χ1v) is 3.80. The van der Waals surface area contributed by atoms with Gasteiger partial charge in [-0.2, -0.15) is 0 Å². The van der Waals surface area contributed by atoms with Gasteiger partial charge < -0.3 is 4.74 Å². The maximum atomic E-state index is 11.2. The summed E-state index contributed by atoms with van der Waals surface area (Å²) < 4.78 is 4.65. The van der Waals surface area contributed by atoms with E-state index in [-0.39, 0.29) is 0 Å². The fourth-order valence-electron chi connectivity index (χ4n) is 0.792. The van der Waals surface area contributed by atoms with Crippen LogP contribution in [0.5, 0.6) is 0 Å². The number of carbonyl (C=O) groups excluding carboxylic acids is 1. The van der Waals surface area contributed by atoms with E-state index in [0.717, 1.165) is 12.5 Å². The van der Waals surface area contributed by atoms with Gasteiger partial charge in [-0.3, -0.25) is 0 Å². The number of rotatable bonds is 3. The van der Waals surface area contributed by atoms with Crippen LogP contribution in [0.3, 0.4) is 0 Å². The molecule has 0 aliphatic rings.